The van der Waals surface area contributed by atoms with Crippen LogP contribution < -0.4 is 5.73 Å². The molecule has 0 aromatic heterocycles. The summed E-state index contributed by atoms with van der Waals surface area (Å²) in [7, 11) is 0. The second kappa shape index (κ2) is 8.06. The first kappa shape index (κ1) is 14.9. The van der Waals surface area contributed by atoms with Gasteiger partial charge in [-0.1, -0.05) is 20.3 Å². The molecule has 1 aliphatic heterocycles. The summed E-state index contributed by atoms with van der Waals surface area (Å²) in [6, 6.07) is 0.754. The molecular formula is C14H31N3. The van der Waals surface area contributed by atoms with Crippen molar-refractivity contribution in [3.8, 4) is 0 Å². The molecule has 0 bridgehead atoms. The van der Waals surface area contributed by atoms with Crippen molar-refractivity contribution in [3.05, 3.63) is 0 Å². The Kier molecular flexibility index (Phi) is 7.09. The summed E-state index contributed by atoms with van der Waals surface area (Å²) in [6.45, 7) is 13.9. The lowest BCUT2D eigenvalue weighted by molar-refractivity contribution is 0.0967. The monoisotopic (exact) mass is 241 g/mol. The molecule has 2 unspecified atom stereocenters. The summed E-state index contributed by atoms with van der Waals surface area (Å²) in [5, 5.41) is 0. The molecule has 1 fully saturated rings. The van der Waals surface area contributed by atoms with Crippen LogP contribution in [0.5, 0.6) is 0 Å². The first-order chi connectivity index (χ1) is 8.21. The smallest absolute Gasteiger partial charge is 0.0113 e. The third-order valence-electron chi connectivity index (χ3n) is 4.39. The highest BCUT2D eigenvalue weighted by atomic mass is 15.3. The van der Waals surface area contributed by atoms with E-state index < -0.39 is 0 Å². The maximum Gasteiger partial charge on any atom is 0.0113 e. The molecule has 0 amide bonds. The number of nitrogens with two attached hydrogens (primary N) is 1. The first-order valence-corrected chi connectivity index (χ1v) is 7.37. The van der Waals surface area contributed by atoms with E-state index in [0.717, 1.165) is 18.5 Å². The molecule has 2 N–H and O–H groups in total. The van der Waals surface area contributed by atoms with Crippen LogP contribution >= 0.6 is 0 Å². The molecule has 17 heavy (non-hydrogen) atoms. The van der Waals surface area contributed by atoms with Gasteiger partial charge in [0.2, 0.25) is 0 Å². The predicted octanol–water partition coefficient (Wildman–Crippen LogP) is 1.78. The molecule has 0 radical (unpaired) electrons. The van der Waals surface area contributed by atoms with Crippen LogP contribution in [0.2, 0.25) is 0 Å². The summed E-state index contributed by atoms with van der Waals surface area (Å²) in [6.07, 6.45) is 3.77. The maximum atomic E-state index is 5.75. The van der Waals surface area contributed by atoms with Crippen molar-refractivity contribution in [3.63, 3.8) is 0 Å². The van der Waals surface area contributed by atoms with Crippen molar-refractivity contribution in [2.24, 2.45) is 11.7 Å². The van der Waals surface area contributed by atoms with E-state index in [0.29, 0.717) is 0 Å². The zero-order valence-electron chi connectivity index (χ0n) is 12.0. The van der Waals surface area contributed by atoms with Crippen molar-refractivity contribution in [2.75, 3.05) is 39.3 Å². The van der Waals surface area contributed by atoms with Crippen molar-refractivity contribution in [2.45, 2.75) is 46.1 Å². The Morgan fingerprint density at radius 1 is 1.06 bits per heavy atom. The Hall–Kier alpha value is -0.120. The van der Waals surface area contributed by atoms with Crippen molar-refractivity contribution >= 4 is 0 Å². The van der Waals surface area contributed by atoms with Gasteiger partial charge in [-0.15, -0.1) is 0 Å². The minimum absolute atomic E-state index is 0.725. The minimum Gasteiger partial charge on any atom is -0.330 e. The molecule has 1 saturated heterocycles. The fraction of sp³-hybridized carbons (Fsp3) is 1.00. The highest BCUT2D eigenvalue weighted by molar-refractivity contribution is 4.76. The second-order valence-electron chi connectivity index (χ2n) is 5.43. The summed E-state index contributed by atoms with van der Waals surface area (Å²) in [5.41, 5.74) is 5.75. The summed E-state index contributed by atoms with van der Waals surface area (Å²) in [4.78, 5) is 5.23. The molecular weight excluding hydrogens is 210 g/mol. The van der Waals surface area contributed by atoms with Crippen molar-refractivity contribution < 1.29 is 0 Å². The zero-order valence-corrected chi connectivity index (χ0v) is 12.0. The normalized spacial score (nSPS) is 22.6. The lowest BCUT2D eigenvalue weighted by Crippen LogP contribution is -2.49. The van der Waals surface area contributed by atoms with E-state index in [2.05, 4.69) is 30.6 Å². The van der Waals surface area contributed by atoms with Crippen LogP contribution in [0.25, 0.3) is 0 Å². The molecule has 0 aromatic carbocycles. The zero-order chi connectivity index (χ0) is 12.7. The molecule has 1 aliphatic rings. The van der Waals surface area contributed by atoms with Gasteiger partial charge in [-0.2, -0.15) is 0 Å². The van der Waals surface area contributed by atoms with E-state index in [1.807, 2.05) is 0 Å². The van der Waals surface area contributed by atoms with Gasteiger partial charge in [0.1, 0.15) is 0 Å². The van der Waals surface area contributed by atoms with Gasteiger partial charge in [-0.3, -0.25) is 4.90 Å². The second-order valence-corrected chi connectivity index (χ2v) is 5.43. The van der Waals surface area contributed by atoms with Gasteiger partial charge in [0.15, 0.2) is 0 Å². The largest absolute Gasteiger partial charge is 0.330 e. The maximum absolute atomic E-state index is 5.75. The van der Waals surface area contributed by atoms with Gasteiger partial charge in [0.05, 0.1) is 0 Å². The van der Waals surface area contributed by atoms with E-state index in [1.165, 1.54) is 52.0 Å². The van der Waals surface area contributed by atoms with E-state index in [-0.39, 0.29) is 0 Å². The Morgan fingerprint density at radius 3 is 2.18 bits per heavy atom. The molecule has 2 atom stereocenters. The van der Waals surface area contributed by atoms with E-state index in [9.17, 15) is 0 Å². The summed E-state index contributed by atoms with van der Waals surface area (Å²) >= 11 is 0. The Balaban J connectivity index is 2.18. The summed E-state index contributed by atoms with van der Waals surface area (Å²) in [5.74, 6) is 0.725. The lowest BCUT2D eigenvalue weighted by Gasteiger charge is -2.38. The van der Waals surface area contributed by atoms with Gasteiger partial charge in [-0.05, 0) is 38.8 Å². The van der Waals surface area contributed by atoms with E-state index >= 15 is 0 Å². The summed E-state index contributed by atoms with van der Waals surface area (Å²) < 4.78 is 0. The number of nitrogens with zero attached hydrogens (tertiary/aromatic N) is 2. The lowest BCUT2D eigenvalue weighted by atomic mass is 10.0. The molecule has 0 aromatic rings. The van der Waals surface area contributed by atoms with Crippen LogP contribution in [0.4, 0.5) is 0 Å². The molecule has 0 spiro atoms. The van der Waals surface area contributed by atoms with Crippen LogP contribution in [-0.2, 0) is 0 Å². The van der Waals surface area contributed by atoms with Gasteiger partial charge in [0.25, 0.3) is 0 Å². The molecule has 102 valence electrons. The molecule has 3 heteroatoms. The highest BCUT2D eigenvalue weighted by Crippen LogP contribution is 2.11. The molecule has 1 rings (SSSR count). The van der Waals surface area contributed by atoms with Crippen LogP contribution in [-0.4, -0.2) is 55.1 Å². The Bertz CT molecular complexity index is 184. The minimum atomic E-state index is 0.725. The van der Waals surface area contributed by atoms with E-state index in [4.69, 9.17) is 5.73 Å². The standard InChI is InChI=1S/C14H31N3/c1-4-13(3)17-10-8-16(9-11-17)7-6-14(5-2)12-15/h13-14H,4-12,15H2,1-3H3. The molecule has 0 aliphatic carbocycles. The van der Waals surface area contributed by atoms with Gasteiger partial charge < -0.3 is 10.6 Å². The van der Waals surface area contributed by atoms with Crippen molar-refractivity contribution in [1.29, 1.82) is 0 Å². The van der Waals surface area contributed by atoms with Crippen molar-refractivity contribution in [1.82, 2.24) is 9.80 Å². The average molecular weight is 241 g/mol. The first-order valence-electron chi connectivity index (χ1n) is 7.37. The quantitative estimate of drug-likeness (QED) is 0.737. The van der Waals surface area contributed by atoms with Crippen LogP contribution in [0.3, 0.4) is 0 Å². The van der Waals surface area contributed by atoms with Gasteiger partial charge in [0, 0.05) is 32.2 Å². The fourth-order valence-corrected chi connectivity index (χ4v) is 2.54. The average Bonchev–Trinajstić information content (AvgIpc) is 2.39. The fourth-order valence-electron chi connectivity index (χ4n) is 2.54. The third kappa shape index (κ3) is 4.94. The van der Waals surface area contributed by atoms with Gasteiger partial charge in [-0.25, -0.2) is 0 Å². The molecule has 1 heterocycles. The molecule has 3 nitrogen and oxygen atoms in total. The SMILES string of the molecule is CCC(CN)CCN1CCN(C(C)CC)CC1. The number of hydrogen-bond acceptors (Lipinski definition) is 3. The Morgan fingerprint density at radius 2 is 1.71 bits per heavy atom. The Labute approximate surface area is 107 Å². The number of rotatable bonds is 7. The molecule has 0 saturated carbocycles. The highest BCUT2D eigenvalue weighted by Gasteiger charge is 2.20. The van der Waals surface area contributed by atoms with Crippen LogP contribution in [0.1, 0.15) is 40.0 Å². The van der Waals surface area contributed by atoms with E-state index in [1.54, 1.807) is 0 Å². The van der Waals surface area contributed by atoms with Crippen LogP contribution in [0, 0.1) is 5.92 Å². The number of piperazine rings is 1. The predicted molar refractivity (Wildman–Crippen MR) is 75.2 cm³/mol. The number of hydrogen-bond donors (Lipinski definition) is 1. The topological polar surface area (TPSA) is 32.5 Å². The van der Waals surface area contributed by atoms with Crippen LogP contribution in [0.15, 0.2) is 0 Å². The van der Waals surface area contributed by atoms with Gasteiger partial charge >= 0.3 is 0 Å². The third-order valence-corrected chi connectivity index (χ3v) is 4.39.